The summed E-state index contributed by atoms with van der Waals surface area (Å²) < 4.78 is 12.8. The SMILES string of the molecule is COCc1cc(N2C[C@H](CNC(=O)c3ccc(Cl)s3)OC2=O)ccc1-n1cccc(CCO)c1=O. The summed E-state index contributed by atoms with van der Waals surface area (Å²) in [5.41, 5.74) is 2.18. The maximum Gasteiger partial charge on any atom is 0.414 e. The molecule has 4 rings (SSSR count). The quantitative estimate of drug-likeness (QED) is 0.451. The maximum atomic E-state index is 12.9. The highest BCUT2D eigenvalue weighted by Crippen LogP contribution is 2.27. The number of ether oxygens (including phenoxy) is 2. The van der Waals surface area contributed by atoms with E-state index >= 15 is 0 Å². The fraction of sp³-hybridized carbons (Fsp3) is 0.292. The van der Waals surface area contributed by atoms with E-state index in [2.05, 4.69) is 5.32 Å². The molecule has 0 aliphatic carbocycles. The third-order valence-corrected chi connectivity index (χ3v) is 6.73. The zero-order chi connectivity index (χ0) is 24.9. The lowest BCUT2D eigenvalue weighted by Gasteiger charge is -2.18. The van der Waals surface area contributed by atoms with Gasteiger partial charge in [0.1, 0.15) is 6.10 Å². The highest BCUT2D eigenvalue weighted by atomic mass is 35.5. The van der Waals surface area contributed by atoms with E-state index in [-0.39, 0.29) is 44.2 Å². The molecule has 0 unspecified atom stereocenters. The van der Waals surface area contributed by atoms with Crippen LogP contribution in [0.15, 0.2) is 53.5 Å². The van der Waals surface area contributed by atoms with Gasteiger partial charge >= 0.3 is 6.09 Å². The number of carbonyl (C=O) groups excluding carboxylic acids is 2. The van der Waals surface area contributed by atoms with E-state index in [1.54, 1.807) is 55.8 Å². The maximum absolute atomic E-state index is 12.9. The Morgan fingerprint density at radius 3 is 2.80 bits per heavy atom. The molecule has 9 nitrogen and oxygen atoms in total. The van der Waals surface area contributed by atoms with E-state index in [1.807, 2.05) is 0 Å². The number of nitrogens with zero attached hydrogens (tertiary/aromatic N) is 2. The zero-order valence-corrected chi connectivity index (χ0v) is 20.5. The number of thiophene rings is 1. The van der Waals surface area contributed by atoms with Crippen LogP contribution in [-0.2, 0) is 22.5 Å². The van der Waals surface area contributed by atoms with Crippen molar-refractivity contribution in [3.05, 3.63) is 79.4 Å². The predicted octanol–water partition coefficient (Wildman–Crippen LogP) is 2.99. The Hall–Kier alpha value is -3.18. The van der Waals surface area contributed by atoms with Crippen molar-refractivity contribution in [3.8, 4) is 5.69 Å². The molecule has 1 aromatic carbocycles. The molecule has 11 heteroatoms. The minimum absolute atomic E-state index is 0.122. The molecular formula is C24H24ClN3O6S. The third-order valence-electron chi connectivity index (χ3n) is 5.50. The summed E-state index contributed by atoms with van der Waals surface area (Å²) in [6, 6.07) is 12.0. The van der Waals surface area contributed by atoms with Crippen molar-refractivity contribution < 1.29 is 24.2 Å². The van der Waals surface area contributed by atoms with Crippen molar-refractivity contribution in [1.82, 2.24) is 9.88 Å². The Labute approximate surface area is 210 Å². The lowest BCUT2D eigenvalue weighted by atomic mass is 10.1. The number of hydrogen-bond donors (Lipinski definition) is 2. The largest absolute Gasteiger partial charge is 0.442 e. The van der Waals surface area contributed by atoms with E-state index in [4.69, 9.17) is 21.1 Å². The van der Waals surface area contributed by atoms with Gasteiger partial charge in [-0.15, -0.1) is 11.3 Å². The Morgan fingerprint density at radius 2 is 2.09 bits per heavy atom. The second-order valence-corrected chi connectivity index (χ2v) is 9.57. The summed E-state index contributed by atoms with van der Waals surface area (Å²) >= 11 is 7.05. The smallest absolute Gasteiger partial charge is 0.414 e. The Bertz CT molecular complexity index is 1290. The van der Waals surface area contributed by atoms with Crippen LogP contribution >= 0.6 is 22.9 Å². The molecule has 0 saturated carbocycles. The first kappa shape index (κ1) is 24.9. The zero-order valence-electron chi connectivity index (χ0n) is 18.9. The molecular weight excluding hydrogens is 494 g/mol. The van der Waals surface area contributed by atoms with Gasteiger partial charge in [0, 0.05) is 43.1 Å². The summed E-state index contributed by atoms with van der Waals surface area (Å²) in [6.45, 7) is 0.503. The van der Waals surface area contributed by atoms with Gasteiger partial charge in [0.15, 0.2) is 0 Å². The van der Waals surface area contributed by atoms with Gasteiger partial charge in [0.05, 0.1) is 34.6 Å². The number of hydrogen-bond acceptors (Lipinski definition) is 7. The van der Waals surface area contributed by atoms with Gasteiger partial charge in [-0.05, 0) is 36.4 Å². The number of aromatic nitrogens is 1. The average molecular weight is 518 g/mol. The van der Waals surface area contributed by atoms with Gasteiger partial charge in [-0.1, -0.05) is 17.7 Å². The molecule has 0 radical (unpaired) electrons. The van der Waals surface area contributed by atoms with Crippen molar-refractivity contribution in [2.75, 3.05) is 31.7 Å². The number of methoxy groups -OCH3 is 1. The van der Waals surface area contributed by atoms with Gasteiger partial charge in [-0.3, -0.25) is 19.1 Å². The third kappa shape index (κ3) is 5.57. The first-order valence-electron chi connectivity index (χ1n) is 10.9. The van der Waals surface area contributed by atoms with Crippen molar-refractivity contribution in [1.29, 1.82) is 0 Å². The summed E-state index contributed by atoms with van der Waals surface area (Å²) in [4.78, 5) is 39.7. The van der Waals surface area contributed by atoms with Crippen molar-refractivity contribution in [2.24, 2.45) is 0 Å². The molecule has 2 aromatic heterocycles. The second-order valence-electron chi connectivity index (χ2n) is 7.86. The van der Waals surface area contributed by atoms with E-state index in [0.717, 1.165) is 0 Å². The molecule has 2 N–H and O–H groups in total. The predicted molar refractivity (Wildman–Crippen MR) is 133 cm³/mol. The Morgan fingerprint density at radius 1 is 1.26 bits per heavy atom. The van der Waals surface area contributed by atoms with Gasteiger partial charge < -0.3 is 19.9 Å². The number of amides is 2. The number of halogens is 1. The number of rotatable bonds is 9. The first-order valence-corrected chi connectivity index (χ1v) is 12.1. The summed E-state index contributed by atoms with van der Waals surface area (Å²) in [5, 5.41) is 12.0. The molecule has 0 bridgehead atoms. The standard InChI is InChI=1S/C24H24ClN3O6S/c1-33-14-16-11-17(4-5-19(16)27-9-2-3-15(8-10-29)23(27)31)28-13-18(34-24(28)32)12-26-22(30)20-6-7-21(25)35-20/h2-7,9,11,18,29H,8,10,12-14H2,1H3,(H,26,30)/t18-/m0/s1. The fourth-order valence-corrected chi connectivity index (χ4v) is 4.81. The van der Waals surface area contributed by atoms with Crippen LogP contribution < -0.4 is 15.8 Å². The minimum Gasteiger partial charge on any atom is -0.442 e. The number of aliphatic hydroxyl groups excluding tert-OH is 1. The van der Waals surface area contributed by atoms with Crippen LogP contribution in [0.25, 0.3) is 5.69 Å². The highest BCUT2D eigenvalue weighted by Gasteiger charge is 2.33. The molecule has 1 atom stereocenters. The number of pyridine rings is 1. The number of carbonyl (C=O) groups is 2. The van der Waals surface area contributed by atoms with Crippen molar-refractivity contribution in [2.45, 2.75) is 19.1 Å². The number of anilines is 1. The summed E-state index contributed by atoms with van der Waals surface area (Å²) in [5.74, 6) is -0.281. The highest BCUT2D eigenvalue weighted by molar-refractivity contribution is 7.18. The monoisotopic (exact) mass is 517 g/mol. The second kappa shape index (κ2) is 11.0. The summed E-state index contributed by atoms with van der Waals surface area (Å²) in [6.07, 6.45) is 0.863. The van der Waals surface area contributed by atoms with Crippen LogP contribution in [0.3, 0.4) is 0 Å². The molecule has 2 amide bonds. The van der Waals surface area contributed by atoms with Crippen LogP contribution in [0.5, 0.6) is 0 Å². The average Bonchev–Trinajstić information content (AvgIpc) is 3.45. The molecule has 1 saturated heterocycles. The van der Waals surface area contributed by atoms with E-state index in [0.29, 0.717) is 31.7 Å². The van der Waals surface area contributed by atoms with Gasteiger partial charge in [-0.25, -0.2) is 4.79 Å². The summed E-state index contributed by atoms with van der Waals surface area (Å²) in [7, 11) is 1.55. The number of cyclic esters (lactones) is 1. The number of benzene rings is 1. The molecule has 3 aromatic rings. The van der Waals surface area contributed by atoms with Crippen LogP contribution in [0.2, 0.25) is 4.34 Å². The van der Waals surface area contributed by atoms with Crippen LogP contribution in [0, 0.1) is 0 Å². The molecule has 1 aliphatic heterocycles. The molecule has 1 fully saturated rings. The Balaban J connectivity index is 1.51. The Kier molecular flexibility index (Phi) is 7.86. The van der Waals surface area contributed by atoms with Crippen LogP contribution in [0.4, 0.5) is 10.5 Å². The lowest BCUT2D eigenvalue weighted by Crippen LogP contribution is -2.34. The lowest BCUT2D eigenvalue weighted by molar-refractivity contribution is 0.0920. The van der Waals surface area contributed by atoms with Gasteiger partial charge in [-0.2, -0.15) is 0 Å². The molecule has 1 aliphatic rings. The molecule has 35 heavy (non-hydrogen) atoms. The van der Waals surface area contributed by atoms with Crippen molar-refractivity contribution in [3.63, 3.8) is 0 Å². The van der Waals surface area contributed by atoms with E-state index in [1.165, 1.54) is 20.8 Å². The van der Waals surface area contributed by atoms with Gasteiger partial charge in [0.2, 0.25) is 0 Å². The van der Waals surface area contributed by atoms with Crippen molar-refractivity contribution >= 4 is 40.6 Å². The minimum atomic E-state index is -0.526. The van der Waals surface area contributed by atoms with E-state index < -0.39 is 12.2 Å². The van der Waals surface area contributed by atoms with E-state index in [9.17, 15) is 19.5 Å². The molecule has 3 heterocycles. The normalized spacial score (nSPS) is 15.3. The van der Waals surface area contributed by atoms with Crippen LogP contribution in [0.1, 0.15) is 20.8 Å². The molecule has 184 valence electrons. The van der Waals surface area contributed by atoms with Crippen LogP contribution in [-0.4, -0.2) is 54.6 Å². The topological polar surface area (TPSA) is 110 Å². The number of aliphatic hydroxyl groups is 1. The number of nitrogens with one attached hydrogen (secondary N) is 1. The van der Waals surface area contributed by atoms with Gasteiger partial charge in [0.25, 0.3) is 11.5 Å². The molecule has 0 spiro atoms. The fourth-order valence-electron chi connectivity index (χ4n) is 3.85. The first-order chi connectivity index (χ1) is 16.9.